The topological polar surface area (TPSA) is 69.6 Å². The number of carbonyl (C=O) groups excluding carboxylic acids is 1. The van der Waals surface area contributed by atoms with Crippen molar-refractivity contribution in [3.63, 3.8) is 0 Å². The summed E-state index contributed by atoms with van der Waals surface area (Å²) in [6.45, 7) is 0. The summed E-state index contributed by atoms with van der Waals surface area (Å²) in [5, 5.41) is 11.4. The monoisotopic (exact) mass is 488 g/mol. The van der Waals surface area contributed by atoms with Crippen molar-refractivity contribution in [2.75, 3.05) is 19.0 Å². The van der Waals surface area contributed by atoms with Crippen LogP contribution in [0.2, 0.25) is 5.02 Å². The van der Waals surface area contributed by atoms with Gasteiger partial charge in [0.15, 0.2) is 0 Å². The number of pyridine rings is 2. The molecule has 0 unspecified atom stereocenters. The quantitative estimate of drug-likeness (QED) is 0.324. The van der Waals surface area contributed by atoms with E-state index in [0.717, 1.165) is 5.56 Å². The van der Waals surface area contributed by atoms with Gasteiger partial charge < -0.3 is 10.0 Å². The van der Waals surface area contributed by atoms with Gasteiger partial charge in [0.2, 0.25) is 6.41 Å². The van der Waals surface area contributed by atoms with E-state index in [-0.39, 0.29) is 16.3 Å². The number of hydrogen-bond donors (Lipinski definition) is 1. The van der Waals surface area contributed by atoms with E-state index in [1.807, 2.05) is 20.2 Å². The maximum atomic E-state index is 14.7. The van der Waals surface area contributed by atoms with Crippen molar-refractivity contribution in [2.24, 2.45) is 0 Å². The highest BCUT2D eigenvalue weighted by Crippen LogP contribution is 2.41. The number of nitrogens with zero attached hydrogens (tertiary/aromatic N) is 4. The molecule has 0 saturated heterocycles. The molecule has 2 aromatic carbocycles. The van der Waals surface area contributed by atoms with Crippen molar-refractivity contribution in [3.05, 3.63) is 96.4 Å². The van der Waals surface area contributed by atoms with Crippen LogP contribution in [0.4, 0.5) is 10.1 Å². The van der Waals surface area contributed by atoms with Crippen molar-refractivity contribution in [1.82, 2.24) is 14.9 Å². The molecule has 0 fully saturated rings. The van der Waals surface area contributed by atoms with Crippen molar-refractivity contribution in [3.8, 4) is 39.3 Å². The molecular formula is C27H22ClFN4O2. The fraction of sp³-hybridized carbons (Fsp3) is 0.0741. The number of carbonyl (C=O) groups is 1. The Morgan fingerprint density at radius 1 is 0.943 bits per heavy atom. The molecule has 0 saturated carbocycles. The van der Waals surface area contributed by atoms with E-state index in [0.29, 0.717) is 34.5 Å². The first-order valence-electron chi connectivity index (χ1n) is 10.6. The predicted octanol–water partition coefficient (Wildman–Crippen LogP) is 5.97. The first-order valence-corrected chi connectivity index (χ1v) is 11.0. The lowest BCUT2D eigenvalue weighted by molar-refractivity contribution is -0.106. The number of benzene rings is 2. The first-order chi connectivity index (χ1) is 16.9. The van der Waals surface area contributed by atoms with E-state index in [9.17, 15) is 14.3 Å². The SMILES string of the molecule is CN(C)/C=C\N(C=O)c1ccc(-c2cc(F)cc(-c3ccnc(-c4cccnc4)c3)c2O)cc1Cl. The molecule has 0 aliphatic rings. The number of phenols is 1. The van der Waals surface area contributed by atoms with Gasteiger partial charge in [-0.3, -0.25) is 19.7 Å². The summed E-state index contributed by atoms with van der Waals surface area (Å²) in [5.74, 6) is -0.616. The second kappa shape index (κ2) is 10.4. The average molecular weight is 489 g/mol. The molecule has 176 valence electrons. The Kier molecular flexibility index (Phi) is 7.08. The third-order valence-corrected chi connectivity index (χ3v) is 5.58. The second-order valence-corrected chi connectivity index (χ2v) is 8.37. The zero-order chi connectivity index (χ0) is 24.9. The van der Waals surface area contributed by atoms with Crippen LogP contribution in [0.1, 0.15) is 0 Å². The minimum atomic E-state index is -0.517. The second-order valence-electron chi connectivity index (χ2n) is 7.96. The van der Waals surface area contributed by atoms with Crippen LogP contribution < -0.4 is 4.90 Å². The largest absolute Gasteiger partial charge is 0.507 e. The minimum Gasteiger partial charge on any atom is -0.507 e. The van der Waals surface area contributed by atoms with Crippen LogP contribution in [0, 0.1) is 5.82 Å². The standard InChI is InChI=1S/C27H22ClFN4O2/c1-32(2)10-11-33(17-34)26-6-5-18(12-24(26)28)22-14-21(29)15-23(27(22)35)19-7-9-31-25(13-19)20-4-3-8-30-16-20/h3-17,35H,1-2H3/b11-10-. The maximum Gasteiger partial charge on any atom is 0.218 e. The average Bonchev–Trinajstić information content (AvgIpc) is 2.86. The van der Waals surface area contributed by atoms with E-state index in [1.165, 1.54) is 17.0 Å². The Morgan fingerprint density at radius 3 is 2.31 bits per heavy atom. The summed E-state index contributed by atoms with van der Waals surface area (Å²) in [5.41, 5.74) is 3.59. The summed E-state index contributed by atoms with van der Waals surface area (Å²) in [7, 11) is 3.66. The molecule has 35 heavy (non-hydrogen) atoms. The lowest BCUT2D eigenvalue weighted by atomic mass is 9.96. The summed E-state index contributed by atoms with van der Waals surface area (Å²) in [4.78, 5) is 23.1. The van der Waals surface area contributed by atoms with Gasteiger partial charge >= 0.3 is 0 Å². The fourth-order valence-electron chi connectivity index (χ4n) is 3.57. The molecule has 4 aromatic rings. The molecule has 1 N–H and O–H groups in total. The zero-order valence-corrected chi connectivity index (χ0v) is 19.8. The van der Waals surface area contributed by atoms with Crippen LogP contribution in [0.5, 0.6) is 5.75 Å². The Bertz CT molecular complexity index is 1390. The lowest BCUT2D eigenvalue weighted by Crippen LogP contribution is -2.15. The maximum absolute atomic E-state index is 14.7. The highest BCUT2D eigenvalue weighted by atomic mass is 35.5. The molecule has 0 atom stereocenters. The summed E-state index contributed by atoms with van der Waals surface area (Å²) >= 11 is 6.47. The van der Waals surface area contributed by atoms with Gasteiger partial charge in [0.05, 0.1) is 16.4 Å². The van der Waals surface area contributed by atoms with Crippen molar-refractivity contribution in [2.45, 2.75) is 0 Å². The molecule has 2 heterocycles. The van der Waals surface area contributed by atoms with Crippen molar-refractivity contribution in [1.29, 1.82) is 0 Å². The van der Waals surface area contributed by atoms with Gasteiger partial charge in [0, 0.05) is 61.8 Å². The number of hydrogen-bond acceptors (Lipinski definition) is 5. The minimum absolute atomic E-state index is 0.0988. The molecule has 0 aliphatic carbocycles. The molecule has 0 spiro atoms. The fourth-order valence-corrected chi connectivity index (χ4v) is 3.85. The number of amides is 1. The molecular weight excluding hydrogens is 467 g/mol. The molecule has 8 heteroatoms. The normalized spacial score (nSPS) is 11.0. The number of anilines is 1. The number of aromatic nitrogens is 2. The van der Waals surface area contributed by atoms with Gasteiger partial charge in [-0.15, -0.1) is 0 Å². The molecule has 0 aliphatic heterocycles. The van der Waals surface area contributed by atoms with E-state index < -0.39 is 5.82 Å². The molecule has 0 radical (unpaired) electrons. The van der Waals surface area contributed by atoms with Gasteiger partial charge in [-0.1, -0.05) is 17.7 Å². The van der Waals surface area contributed by atoms with E-state index >= 15 is 0 Å². The highest BCUT2D eigenvalue weighted by molar-refractivity contribution is 6.34. The van der Waals surface area contributed by atoms with E-state index in [1.54, 1.807) is 72.3 Å². The first kappa shape index (κ1) is 23.9. The van der Waals surface area contributed by atoms with Gasteiger partial charge in [-0.2, -0.15) is 0 Å². The van der Waals surface area contributed by atoms with Crippen molar-refractivity contribution < 1.29 is 14.3 Å². The smallest absolute Gasteiger partial charge is 0.218 e. The Morgan fingerprint density at radius 2 is 1.69 bits per heavy atom. The summed E-state index contributed by atoms with van der Waals surface area (Å²) < 4.78 is 14.7. The Labute approximate surface area is 207 Å². The summed E-state index contributed by atoms with van der Waals surface area (Å²) in [6, 6.07) is 14.6. The number of aromatic hydroxyl groups is 1. The third-order valence-electron chi connectivity index (χ3n) is 5.28. The van der Waals surface area contributed by atoms with Gasteiger partial charge in [-0.25, -0.2) is 4.39 Å². The molecule has 6 nitrogen and oxygen atoms in total. The highest BCUT2D eigenvalue weighted by Gasteiger charge is 2.17. The Balaban J connectivity index is 1.75. The molecule has 1 amide bonds. The third kappa shape index (κ3) is 5.31. The van der Waals surface area contributed by atoms with Crippen molar-refractivity contribution >= 4 is 23.7 Å². The van der Waals surface area contributed by atoms with Crippen LogP contribution in [0.25, 0.3) is 33.5 Å². The van der Waals surface area contributed by atoms with Gasteiger partial charge in [0.1, 0.15) is 11.6 Å². The van der Waals surface area contributed by atoms with Gasteiger partial charge in [-0.05, 0) is 59.7 Å². The van der Waals surface area contributed by atoms with Crippen LogP contribution in [0.3, 0.4) is 0 Å². The van der Waals surface area contributed by atoms with E-state index in [4.69, 9.17) is 11.6 Å². The van der Waals surface area contributed by atoms with E-state index in [2.05, 4.69) is 9.97 Å². The van der Waals surface area contributed by atoms with Crippen LogP contribution >= 0.6 is 11.6 Å². The number of rotatable bonds is 7. The number of phenolic OH excluding ortho intramolecular Hbond substituents is 1. The molecule has 0 bridgehead atoms. The van der Waals surface area contributed by atoms with Gasteiger partial charge in [0.25, 0.3) is 0 Å². The number of halogens is 2. The lowest BCUT2D eigenvalue weighted by Gasteiger charge is -2.17. The predicted molar refractivity (Wildman–Crippen MR) is 136 cm³/mol. The van der Waals surface area contributed by atoms with Crippen LogP contribution in [-0.2, 0) is 4.79 Å². The molecule has 4 rings (SSSR count). The Hall–Kier alpha value is -4.23. The van der Waals surface area contributed by atoms with Crippen LogP contribution in [-0.4, -0.2) is 40.5 Å². The molecule has 2 aromatic heterocycles. The summed E-state index contributed by atoms with van der Waals surface area (Å²) in [6.07, 6.45) is 8.88. The van der Waals surface area contributed by atoms with Crippen LogP contribution in [0.15, 0.2) is 85.6 Å². The zero-order valence-electron chi connectivity index (χ0n) is 19.1.